The Morgan fingerprint density at radius 2 is 1.54 bits per heavy atom. The summed E-state index contributed by atoms with van der Waals surface area (Å²) >= 11 is 2.28. The molecule has 0 saturated heterocycles. The molecule has 0 bridgehead atoms. The summed E-state index contributed by atoms with van der Waals surface area (Å²) < 4.78 is 22.1. The molecule has 0 atom stereocenters. The van der Waals surface area contributed by atoms with Gasteiger partial charge in [-0.3, -0.25) is 3.11 Å². The van der Waals surface area contributed by atoms with E-state index in [1.54, 1.807) is 6.07 Å². The lowest BCUT2D eigenvalue weighted by molar-refractivity contribution is 0.584. The number of hydrogen-bond acceptors (Lipinski definition) is 2. The maximum absolute atomic E-state index is 14.1. The van der Waals surface area contributed by atoms with Gasteiger partial charge in [0.1, 0.15) is 0 Å². The molecule has 0 saturated carbocycles. The van der Waals surface area contributed by atoms with Gasteiger partial charge in [-0.2, -0.15) is 0 Å². The van der Waals surface area contributed by atoms with Gasteiger partial charge in [0.15, 0.2) is 17.0 Å². The predicted octanol–water partition coefficient (Wildman–Crippen LogP) is 6.78. The first kappa shape index (κ1) is 15.4. The Bertz CT molecular complexity index is 1040. The average molecular weight is 431 g/mol. The number of halogens is 2. The molecule has 4 heteroatoms. The van der Waals surface area contributed by atoms with Crippen molar-refractivity contribution >= 4 is 56.2 Å². The highest BCUT2D eigenvalue weighted by Crippen LogP contribution is 2.41. The third kappa shape index (κ3) is 2.36. The van der Waals surface area contributed by atoms with E-state index in [0.717, 1.165) is 28.6 Å². The second-order valence-electron chi connectivity index (χ2n) is 5.64. The molecule has 0 amide bonds. The molecule has 24 heavy (non-hydrogen) atoms. The lowest BCUT2D eigenvalue weighted by Crippen LogP contribution is -2.04. The summed E-state index contributed by atoms with van der Waals surface area (Å²) in [6.45, 7) is 2.14. The van der Waals surface area contributed by atoms with Gasteiger partial charge in [0.05, 0.1) is 34.2 Å². The van der Waals surface area contributed by atoms with Gasteiger partial charge in [-0.25, -0.2) is 4.39 Å². The SMILES string of the molecule is CCc1ccccc1N(I)c1cccc2c1oc1c(F)cccc12. The van der Waals surface area contributed by atoms with Crippen LogP contribution < -0.4 is 3.11 Å². The molecule has 1 heterocycles. The van der Waals surface area contributed by atoms with Crippen molar-refractivity contribution in [3.8, 4) is 0 Å². The molecule has 0 aliphatic rings. The number of benzene rings is 3. The fraction of sp³-hybridized carbons (Fsp3) is 0.100. The first-order valence-electron chi connectivity index (χ1n) is 7.84. The molecule has 0 radical (unpaired) electrons. The Hall–Kier alpha value is -2.08. The molecule has 4 rings (SSSR count). The zero-order valence-electron chi connectivity index (χ0n) is 13.1. The van der Waals surface area contributed by atoms with Crippen LogP contribution in [0.1, 0.15) is 12.5 Å². The molecule has 0 unspecified atom stereocenters. The van der Waals surface area contributed by atoms with Crippen molar-refractivity contribution in [2.45, 2.75) is 13.3 Å². The minimum Gasteiger partial charge on any atom is -0.451 e. The summed E-state index contributed by atoms with van der Waals surface area (Å²) in [7, 11) is 0. The van der Waals surface area contributed by atoms with Crippen molar-refractivity contribution in [1.82, 2.24) is 0 Å². The first-order chi connectivity index (χ1) is 11.7. The third-order valence-corrected chi connectivity index (χ3v) is 5.29. The summed E-state index contributed by atoms with van der Waals surface area (Å²) in [6, 6.07) is 19.3. The van der Waals surface area contributed by atoms with Crippen molar-refractivity contribution in [2.24, 2.45) is 0 Å². The lowest BCUT2D eigenvalue weighted by Gasteiger charge is -2.20. The molecule has 2 nitrogen and oxygen atoms in total. The number of anilines is 2. The quantitative estimate of drug-likeness (QED) is 0.263. The highest BCUT2D eigenvalue weighted by molar-refractivity contribution is 14.1. The standard InChI is InChI=1S/C20H15FINO/c1-2-13-7-3-4-11-17(13)23(22)18-12-6-9-15-14-8-5-10-16(21)19(14)24-20(15)18/h3-12H,2H2,1H3. The summed E-state index contributed by atoms with van der Waals surface area (Å²) in [6.07, 6.45) is 0.945. The fourth-order valence-corrected chi connectivity index (χ4v) is 3.91. The Morgan fingerprint density at radius 3 is 2.33 bits per heavy atom. The molecule has 120 valence electrons. The van der Waals surface area contributed by atoms with Gasteiger partial charge in [0, 0.05) is 10.8 Å². The third-order valence-electron chi connectivity index (χ3n) is 4.25. The number of para-hydroxylation sites is 3. The van der Waals surface area contributed by atoms with Crippen molar-refractivity contribution in [2.75, 3.05) is 3.11 Å². The molecule has 0 fully saturated rings. The molecule has 0 N–H and O–H groups in total. The maximum atomic E-state index is 14.1. The summed E-state index contributed by atoms with van der Waals surface area (Å²) in [5, 5.41) is 1.73. The van der Waals surface area contributed by atoms with E-state index in [2.05, 4.69) is 45.0 Å². The van der Waals surface area contributed by atoms with Crippen molar-refractivity contribution in [3.63, 3.8) is 0 Å². The van der Waals surface area contributed by atoms with Crippen LogP contribution in [-0.2, 0) is 6.42 Å². The van der Waals surface area contributed by atoms with E-state index >= 15 is 0 Å². The number of fused-ring (bicyclic) bond motifs is 3. The monoisotopic (exact) mass is 431 g/mol. The molecular formula is C20H15FINO. The zero-order valence-corrected chi connectivity index (χ0v) is 15.2. The summed E-state index contributed by atoms with van der Waals surface area (Å²) in [5.41, 5.74) is 4.32. The maximum Gasteiger partial charge on any atom is 0.171 e. The first-order valence-corrected chi connectivity index (χ1v) is 8.80. The van der Waals surface area contributed by atoms with E-state index in [4.69, 9.17) is 4.42 Å². The van der Waals surface area contributed by atoms with Gasteiger partial charge >= 0.3 is 0 Å². The predicted molar refractivity (Wildman–Crippen MR) is 106 cm³/mol. The average Bonchev–Trinajstić information content (AvgIpc) is 3.01. The second kappa shape index (κ2) is 6.09. The number of furan rings is 1. The van der Waals surface area contributed by atoms with Crippen LogP contribution in [-0.4, -0.2) is 0 Å². The van der Waals surface area contributed by atoms with Gasteiger partial charge < -0.3 is 4.42 Å². The van der Waals surface area contributed by atoms with Crippen LogP contribution in [0.4, 0.5) is 15.8 Å². The summed E-state index contributed by atoms with van der Waals surface area (Å²) in [4.78, 5) is 0. The van der Waals surface area contributed by atoms with Crippen LogP contribution in [0, 0.1) is 5.82 Å². The Balaban J connectivity index is 1.97. The van der Waals surface area contributed by atoms with E-state index in [-0.39, 0.29) is 5.82 Å². The highest BCUT2D eigenvalue weighted by Gasteiger charge is 2.18. The van der Waals surface area contributed by atoms with Gasteiger partial charge in [0.2, 0.25) is 0 Å². The Labute approximate surface area is 153 Å². The normalized spacial score (nSPS) is 11.3. The van der Waals surface area contributed by atoms with Crippen molar-refractivity contribution in [1.29, 1.82) is 0 Å². The molecule has 0 spiro atoms. The number of rotatable bonds is 3. The minimum absolute atomic E-state index is 0.313. The van der Waals surface area contributed by atoms with Crippen LogP contribution >= 0.6 is 22.9 Å². The van der Waals surface area contributed by atoms with E-state index in [1.807, 2.05) is 36.4 Å². The number of nitrogens with zero attached hydrogens (tertiary/aromatic N) is 1. The minimum atomic E-state index is -0.330. The molecule has 0 aliphatic carbocycles. The van der Waals surface area contributed by atoms with Crippen molar-refractivity contribution < 1.29 is 8.81 Å². The van der Waals surface area contributed by atoms with Gasteiger partial charge in [-0.15, -0.1) is 0 Å². The summed E-state index contributed by atoms with van der Waals surface area (Å²) in [5.74, 6) is -0.330. The zero-order chi connectivity index (χ0) is 16.7. The van der Waals surface area contributed by atoms with E-state index in [1.165, 1.54) is 11.6 Å². The molecule has 0 aliphatic heterocycles. The Kier molecular flexibility index (Phi) is 3.92. The second-order valence-corrected chi connectivity index (χ2v) is 6.60. The molecule has 3 aromatic carbocycles. The van der Waals surface area contributed by atoms with Gasteiger partial charge in [-0.05, 0) is 30.2 Å². The molecular weight excluding hydrogens is 416 g/mol. The van der Waals surface area contributed by atoms with Crippen LogP contribution in [0.2, 0.25) is 0 Å². The lowest BCUT2D eigenvalue weighted by atomic mass is 10.1. The van der Waals surface area contributed by atoms with Crippen LogP contribution in [0.25, 0.3) is 21.9 Å². The Morgan fingerprint density at radius 1 is 0.875 bits per heavy atom. The van der Waals surface area contributed by atoms with Crippen LogP contribution in [0.3, 0.4) is 0 Å². The van der Waals surface area contributed by atoms with Crippen LogP contribution in [0.15, 0.2) is 65.1 Å². The smallest absolute Gasteiger partial charge is 0.171 e. The van der Waals surface area contributed by atoms with E-state index in [0.29, 0.717) is 11.2 Å². The number of hydrogen-bond donors (Lipinski definition) is 0. The number of aryl methyl sites for hydroxylation is 1. The van der Waals surface area contributed by atoms with Gasteiger partial charge in [-0.1, -0.05) is 49.4 Å². The molecule has 4 aromatic rings. The molecule has 1 aromatic heterocycles. The van der Waals surface area contributed by atoms with Crippen LogP contribution in [0.5, 0.6) is 0 Å². The van der Waals surface area contributed by atoms with Crippen molar-refractivity contribution in [3.05, 3.63) is 72.0 Å². The van der Waals surface area contributed by atoms with E-state index < -0.39 is 0 Å². The largest absolute Gasteiger partial charge is 0.451 e. The van der Waals surface area contributed by atoms with Gasteiger partial charge in [0.25, 0.3) is 0 Å². The highest BCUT2D eigenvalue weighted by atomic mass is 127. The topological polar surface area (TPSA) is 16.4 Å². The fourth-order valence-electron chi connectivity index (χ4n) is 3.06. The van der Waals surface area contributed by atoms with E-state index in [9.17, 15) is 4.39 Å².